The molecule has 15 heavy (non-hydrogen) atoms. The van der Waals surface area contributed by atoms with Crippen LogP contribution in [0.3, 0.4) is 0 Å². The molecule has 0 aromatic heterocycles. The molecule has 0 bridgehead atoms. The van der Waals surface area contributed by atoms with E-state index in [0.29, 0.717) is 12.5 Å². The average Bonchev–Trinajstić information content (AvgIpc) is 3.00. The molecule has 0 N–H and O–H groups in total. The Morgan fingerprint density at radius 3 is 2.60 bits per heavy atom. The normalized spacial score (nSPS) is 15.9. The predicted octanol–water partition coefficient (Wildman–Crippen LogP) is 1.28. The minimum Gasteiger partial charge on any atom is -0.369 e. The maximum atomic E-state index is 12.1. The third-order valence-electron chi connectivity index (χ3n) is 2.77. The number of carbonyl (C=O) groups excluding carboxylic acids is 1. The Morgan fingerprint density at radius 1 is 1.60 bits per heavy atom. The Balaban J connectivity index is 2.61. The molecule has 1 aliphatic rings. The highest BCUT2D eigenvalue weighted by Crippen LogP contribution is 2.30. The van der Waals surface area contributed by atoms with Crippen LogP contribution in [0.1, 0.15) is 26.7 Å². The largest absolute Gasteiger partial charge is 0.369 e. The van der Waals surface area contributed by atoms with E-state index >= 15 is 0 Å². The summed E-state index contributed by atoms with van der Waals surface area (Å²) in [6.07, 6.45) is 7.68. The summed E-state index contributed by atoms with van der Waals surface area (Å²) in [7, 11) is 1.54. The Morgan fingerprint density at radius 2 is 2.20 bits per heavy atom. The molecule has 0 atom stereocenters. The summed E-state index contributed by atoms with van der Waals surface area (Å²) in [6, 6.07) is 0. The van der Waals surface area contributed by atoms with E-state index in [9.17, 15) is 4.79 Å². The van der Waals surface area contributed by atoms with E-state index in [4.69, 9.17) is 11.2 Å². The molecule has 1 fully saturated rings. The van der Waals surface area contributed by atoms with Crippen molar-refractivity contribution in [3.63, 3.8) is 0 Å². The Hall–Kier alpha value is -1.01. The third-order valence-corrected chi connectivity index (χ3v) is 2.77. The topological polar surface area (TPSA) is 29.5 Å². The zero-order valence-electron chi connectivity index (χ0n) is 9.75. The van der Waals surface area contributed by atoms with E-state index in [1.165, 1.54) is 12.8 Å². The van der Waals surface area contributed by atoms with Gasteiger partial charge in [0.15, 0.2) is 0 Å². The van der Waals surface area contributed by atoms with Gasteiger partial charge in [-0.05, 0) is 32.6 Å². The van der Waals surface area contributed by atoms with Crippen LogP contribution in [0.15, 0.2) is 0 Å². The van der Waals surface area contributed by atoms with Gasteiger partial charge < -0.3 is 9.64 Å². The first-order valence-electron chi connectivity index (χ1n) is 5.29. The van der Waals surface area contributed by atoms with Crippen LogP contribution in [-0.2, 0) is 9.53 Å². The van der Waals surface area contributed by atoms with Crippen molar-refractivity contribution in [3.8, 4) is 12.3 Å². The van der Waals surface area contributed by atoms with Gasteiger partial charge in [0, 0.05) is 13.7 Å². The number of nitrogens with zero attached hydrogens (tertiary/aromatic N) is 1. The standard InChI is InChI=1S/C12H19NO2/c1-5-8-13(9-10-6-7-10)11(14)12(2,3)15-4/h1,10H,6-9H2,2-4H3. The number of terminal acetylenes is 1. The SMILES string of the molecule is C#CCN(CC1CC1)C(=O)C(C)(C)OC. The molecular formula is C12H19NO2. The molecule has 0 aromatic carbocycles. The number of amides is 1. The highest BCUT2D eigenvalue weighted by molar-refractivity contribution is 5.84. The number of rotatable bonds is 5. The predicted molar refractivity (Wildman–Crippen MR) is 59.2 cm³/mol. The first kappa shape index (κ1) is 12.1. The monoisotopic (exact) mass is 209 g/mol. The lowest BCUT2D eigenvalue weighted by atomic mass is 10.1. The van der Waals surface area contributed by atoms with Crippen LogP contribution >= 0.6 is 0 Å². The lowest BCUT2D eigenvalue weighted by Crippen LogP contribution is -2.47. The van der Waals surface area contributed by atoms with Gasteiger partial charge in [0.1, 0.15) is 5.60 Å². The van der Waals surface area contributed by atoms with E-state index in [2.05, 4.69) is 5.92 Å². The van der Waals surface area contributed by atoms with Crippen molar-refractivity contribution >= 4 is 5.91 Å². The van der Waals surface area contributed by atoms with Gasteiger partial charge in [0.05, 0.1) is 6.54 Å². The number of methoxy groups -OCH3 is 1. The van der Waals surface area contributed by atoms with Crippen LogP contribution in [0.4, 0.5) is 0 Å². The zero-order chi connectivity index (χ0) is 11.5. The maximum Gasteiger partial charge on any atom is 0.255 e. The maximum absolute atomic E-state index is 12.1. The van der Waals surface area contributed by atoms with Crippen molar-refractivity contribution in [2.45, 2.75) is 32.3 Å². The van der Waals surface area contributed by atoms with Crippen LogP contribution in [0.5, 0.6) is 0 Å². The zero-order valence-corrected chi connectivity index (χ0v) is 9.75. The van der Waals surface area contributed by atoms with Crippen LogP contribution in [0.25, 0.3) is 0 Å². The van der Waals surface area contributed by atoms with Crippen molar-refractivity contribution < 1.29 is 9.53 Å². The second-order valence-electron chi connectivity index (χ2n) is 4.55. The van der Waals surface area contributed by atoms with Gasteiger partial charge in [-0.15, -0.1) is 6.42 Å². The summed E-state index contributed by atoms with van der Waals surface area (Å²) in [5.41, 5.74) is -0.772. The van der Waals surface area contributed by atoms with E-state index in [1.807, 2.05) is 0 Å². The summed E-state index contributed by atoms with van der Waals surface area (Å²) in [5.74, 6) is 3.16. The van der Waals surface area contributed by atoms with Crippen molar-refractivity contribution in [2.75, 3.05) is 20.2 Å². The van der Waals surface area contributed by atoms with Gasteiger partial charge in [-0.25, -0.2) is 0 Å². The van der Waals surface area contributed by atoms with Crippen LogP contribution in [0, 0.1) is 18.3 Å². The number of carbonyl (C=O) groups is 1. The van der Waals surface area contributed by atoms with Gasteiger partial charge in [-0.3, -0.25) is 4.79 Å². The van der Waals surface area contributed by atoms with E-state index in [-0.39, 0.29) is 5.91 Å². The van der Waals surface area contributed by atoms with Crippen molar-refractivity contribution in [3.05, 3.63) is 0 Å². The quantitative estimate of drug-likeness (QED) is 0.638. The van der Waals surface area contributed by atoms with Gasteiger partial charge in [-0.2, -0.15) is 0 Å². The van der Waals surface area contributed by atoms with Gasteiger partial charge in [-0.1, -0.05) is 5.92 Å². The summed E-state index contributed by atoms with van der Waals surface area (Å²) >= 11 is 0. The molecule has 0 spiro atoms. The summed E-state index contributed by atoms with van der Waals surface area (Å²) in [4.78, 5) is 13.8. The molecule has 0 saturated heterocycles. The lowest BCUT2D eigenvalue weighted by Gasteiger charge is -2.29. The van der Waals surface area contributed by atoms with E-state index < -0.39 is 5.60 Å². The van der Waals surface area contributed by atoms with Crippen LogP contribution in [-0.4, -0.2) is 36.6 Å². The van der Waals surface area contributed by atoms with Crippen LogP contribution < -0.4 is 0 Å². The second-order valence-corrected chi connectivity index (χ2v) is 4.55. The van der Waals surface area contributed by atoms with Gasteiger partial charge >= 0.3 is 0 Å². The first-order chi connectivity index (χ1) is 7.01. The summed E-state index contributed by atoms with van der Waals surface area (Å²) in [5, 5.41) is 0. The summed E-state index contributed by atoms with van der Waals surface area (Å²) < 4.78 is 5.17. The summed E-state index contributed by atoms with van der Waals surface area (Å²) in [6.45, 7) is 4.69. The number of hydrogen-bond donors (Lipinski definition) is 0. The number of ether oxygens (including phenoxy) is 1. The van der Waals surface area contributed by atoms with E-state index in [1.54, 1.807) is 25.9 Å². The van der Waals surface area contributed by atoms with Crippen molar-refractivity contribution in [2.24, 2.45) is 5.92 Å². The molecule has 1 amide bonds. The Labute approximate surface area is 91.8 Å². The van der Waals surface area contributed by atoms with Crippen molar-refractivity contribution in [1.82, 2.24) is 4.90 Å². The first-order valence-corrected chi connectivity index (χ1v) is 5.29. The molecule has 0 unspecified atom stereocenters. The molecular weight excluding hydrogens is 190 g/mol. The molecule has 1 rings (SSSR count). The van der Waals surface area contributed by atoms with Crippen molar-refractivity contribution in [1.29, 1.82) is 0 Å². The molecule has 0 heterocycles. The molecule has 1 saturated carbocycles. The second kappa shape index (κ2) is 4.67. The minimum absolute atomic E-state index is 0.0187. The van der Waals surface area contributed by atoms with Crippen LogP contribution in [0.2, 0.25) is 0 Å². The molecule has 3 nitrogen and oxygen atoms in total. The molecule has 0 aliphatic heterocycles. The highest BCUT2D eigenvalue weighted by Gasteiger charge is 2.34. The van der Waals surface area contributed by atoms with Gasteiger partial charge in [0.2, 0.25) is 0 Å². The molecule has 0 aromatic rings. The smallest absolute Gasteiger partial charge is 0.255 e. The Kier molecular flexibility index (Phi) is 3.76. The molecule has 84 valence electrons. The average molecular weight is 209 g/mol. The number of hydrogen-bond acceptors (Lipinski definition) is 2. The highest BCUT2D eigenvalue weighted by atomic mass is 16.5. The minimum atomic E-state index is -0.772. The third kappa shape index (κ3) is 3.24. The fourth-order valence-electron chi connectivity index (χ4n) is 1.41. The molecule has 1 aliphatic carbocycles. The Bertz CT molecular complexity index is 274. The van der Waals surface area contributed by atoms with E-state index in [0.717, 1.165) is 6.54 Å². The molecule has 3 heteroatoms. The molecule has 0 radical (unpaired) electrons. The lowest BCUT2D eigenvalue weighted by molar-refractivity contribution is -0.150. The fourth-order valence-corrected chi connectivity index (χ4v) is 1.41. The van der Waals surface area contributed by atoms with Gasteiger partial charge in [0.25, 0.3) is 5.91 Å². The fraction of sp³-hybridized carbons (Fsp3) is 0.750.